The van der Waals surface area contributed by atoms with Crippen LogP contribution in [0.25, 0.3) is 0 Å². The van der Waals surface area contributed by atoms with Gasteiger partial charge in [-0.25, -0.2) is 9.78 Å². The normalized spacial score (nSPS) is 17.5. The zero-order valence-electron chi connectivity index (χ0n) is 13.3. The molecule has 0 spiro atoms. The molecular formula is C16H19N3O3S2. The largest absolute Gasteiger partial charge is 0.376 e. The summed E-state index contributed by atoms with van der Waals surface area (Å²) in [6.45, 7) is 4.13. The first-order valence-corrected chi connectivity index (χ1v) is 9.33. The maximum Gasteiger partial charge on any atom is 0.319 e. The van der Waals surface area contributed by atoms with Crippen LogP contribution in [0.1, 0.15) is 5.69 Å². The van der Waals surface area contributed by atoms with Crippen molar-refractivity contribution in [2.75, 3.05) is 31.7 Å². The van der Waals surface area contributed by atoms with Crippen LogP contribution in [0.15, 0.2) is 38.9 Å². The Morgan fingerprint density at radius 1 is 1.38 bits per heavy atom. The standard InChI is InChI=1S/C16H19N3O3S2/c1-11-10-23-16(18-11)24-14-4-2-12(3-5-14)19-15(20)17-8-13-9-21-6-7-22-13/h2-5,10,13H,6-9H2,1H3,(H2,17,19,20)/t13-/m0/s1. The van der Waals surface area contributed by atoms with Gasteiger partial charge < -0.3 is 20.1 Å². The fourth-order valence-electron chi connectivity index (χ4n) is 2.12. The zero-order chi connectivity index (χ0) is 16.8. The smallest absolute Gasteiger partial charge is 0.319 e. The van der Waals surface area contributed by atoms with Gasteiger partial charge in [0.05, 0.1) is 25.9 Å². The topological polar surface area (TPSA) is 72.5 Å². The third-order valence-corrected chi connectivity index (χ3v) is 5.35. The third-order valence-electron chi connectivity index (χ3n) is 3.29. The number of ether oxygens (including phenoxy) is 2. The summed E-state index contributed by atoms with van der Waals surface area (Å²) in [6, 6.07) is 7.44. The molecule has 1 saturated heterocycles. The Bertz CT molecular complexity index is 669. The van der Waals surface area contributed by atoms with Crippen molar-refractivity contribution in [2.24, 2.45) is 0 Å². The van der Waals surface area contributed by atoms with Crippen LogP contribution in [-0.4, -0.2) is 43.5 Å². The van der Waals surface area contributed by atoms with Gasteiger partial charge in [-0.05, 0) is 31.2 Å². The second-order valence-electron chi connectivity index (χ2n) is 5.28. The molecule has 2 aromatic rings. The van der Waals surface area contributed by atoms with Crippen LogP contribution < -0.4 is 10.6 Å². The Morgan fingerprint density at radius 2 is 2.21 bits per heavy atom. The summed E-state index contributed by atoms with van der Waals surface area (Å²) in [6.07, 6.45) is -0.0787. The van der Waals surface area contributed by atoms with Crippen molar-refractivity contribution >= 4 is 34.8 Å². The van der Waals surface area contributed by atoms with Gasteiger partial charge in [-0.1, -0.05) is 11.8 Å². The fourth-order valence-corrected chi connectivity index (χ4v) is 3.93. The number of anilines is 1. The monoisotopic (exact) mass is 365 g/mol. The molecule has 1 aromatic carbocycles. The van der Waals surface area contributed by atoms with Crippen LogP contribution >= 0.6 is 23.1 Å². The zero-order valence-corrected chi connectivity index (χ0v) is 14.9. The molecule has 1 aliphatic heterocycles. The highest BCUT2D eigenvalue weighted by Gasteiger charge is 2.15. The summed E-state index contributed by atoms with van der Waals surface area (Å²) in [7, 11) is 0. The second-order valence-corrected chi connectivity index (χ2v) is 7.46. The molecule has 3 rings (SSSR count). The second kappa shape index (κ2) is 8.48. The van der Waals surface area contributed by atoms with Crippen LogP contribution in [0.3, 0.4) is 0 Å². The maximum atomic E-state index is 11.9. The first-order chi connectivity index (χ1) is 11.7. The van der Waals surface area contributed by atoms with Gasteiger partial charge in [-0.15, -0.1) is 11.3 Å². The molecule has 6 nitrogen and oxygen atoms in total. The van der Waals surface area contributed by atoms with Crippen molar-refractivity contribution in [2.45, 2.75) is 22.3 Å². The number of aromatic nitrogens is 1. The molecule has 2 N–H and O–H groups in total. The lowest BCUT2D eigenvalue weighted by molar-refractivity contribution is -0.0852. The number of aryl methyl sites for hydroxylation is 1. The molecule has 8 heteroatoms. The summed E-state index contributed by atoms with van der Waals surface area (Å²) >= 11 is 3.24. The highest BCUT2D eigenvalue weighted by atomic mass is 32.2. The van der Waals surface area contributed by atoms with E-state index in [9.17, 15) is 4.79 Å². The number of thiazole rings is 1. The summed E-state index contributed by atoms with van der Waals surface area (Å²) in [5.74, 6) is 0. The van der Waals surface area contributed by atoms with Gasteiger partial charge in [0, 0.05) is 28.2 Å². The number of urea groups is 1. The van der Waals surface area contributed by atoms with Crippen LogP contribution in [0.4, 0.5) is 10.5 Å². The Morgan fingerprint density at radius 3 is 2.88 bits per heavy atom. The highest BCUT2D eigenvalue weighted by molar-refractivity contribution is 8.01. The van der Waals surface area contributed by atoms with Gasteiger partial charge in [-0.2, -0.15) is 0 Å². The number of carbonyl (C=O) groups is 1. The SMILES string of the molecule is Cc1csc(Sc2ccc(NC(=O)NC[C@H]3COCCO3)cc2)n1. The quantitative estimate of drug-likeness (QED) is 0.852. The minimum Gasteiger partial charge on any atom is -0.376 e. The molecule has 0 saturated carbocycles. The fraction of sp³-hybridized carbons (Fsp3) is 0.375. The Balaban J connectivity index is 1.45. The van der Waals surface area contributed by atoms with Crippen LogP contribution in [0.2, 0.25) is 0 Å². The van der Waals surface area contributed by atoms with Crippen molar-refractivity contribution in [1.82, 2.24) is 10.3 Å². The summed E-state index contributed by atoms with van der Waals surface area (Å²) in [5.41, 5.74) is 1.78. The van der Waals surface area contributed by atoms with Gasteiger partial charge >= 0.3 is 6.03 Å². The van der Waals surface area contributed by atoms with Crippen LogP contribution in [0.5, 0.6) is 0 Å². The molecule has 0 radical (unpaired) electrons. The van der Waals surface area contributed by atoms with E-state index in [4.69, 9.17) is 9.47 Å². The molecule has 1 aliphatic rings. The summed E-state index contributed by atoms with van der Waals surface area (Å²) in [5, 5.41) is 7.63. The lowest BCUT2D eigenvalue weighted by Gasteiger charge is -2.23. The van der Waals surface area contributed by atoms with E-state index in [0.29, 0.717) is 26.4 Å². The van der Waals surface area contributed by atoms with Gasteiger partial charge in [0.1, 0.15) is 0 Å². The van der Waals surface area contributed by atoms with Crippen molar-refractivity contribution in [3.05, 3.63) is 35.3 Å². The minimum atomic E-state index is -0.250. The highest BCUT2D eigenvalue weighted by Crippen LogP contribution is 2.30. The molecule has 0 bridgehead atoms. The van der Waals surface area contributed by atoms with Crippen molar-refractivity contribution < 1.29 is 14.3 Å². The number of hydrogen-bond acceptors (Lipinski definition) is 6. The summed E-state index contributed by atoms with van der Waals surface area (Å²) in [4.78, 5) is 17.4. The predicted octanol–water partition coefficient (Wildman–Crippen LogP) is 3.14. The van der Waals surface area contributed by atoms with Crippen LogP contribution in [-0.2, 0) is 9.47 Å². The molecular weight excluding hydrogens is 346 g/mol. The lowest BCUT2D eigenvalue weighted by Crippen LogP contribution is -2.41. The summed E-state index contributed by atoms with van der Waals surface area (Å²) < 4.78 is 11.8. The molecule has 128 valence electrons. The van der Waals surface area contributed by atoms with E-state index in [0.717, 1.165) is 20.6 Å². The third kappa shape index (κ3) is 5.20. The Labute approximate surface area is 149 Å². The van der Waals surface area contributed by atoms with Gasteiger partial charge in [0.25, 0.3) is 0 Å². The van der Waals surface area contributed by atoms with E-state index in [1.54, 1.807) is 23.1 Å². The van der Waals surface area contributed by atoms with E-state index in [-0.39, 0.29) is 12.1 Å². The molecule has 2 amide bonds. The molecule has 1 atom stereocenters. The molecule has 2 heterocycles. The van der Waals surface area contributed by atoms with Crippen molar-refractivity contribution in [3.8, 4) is 0 Å². The number of amides is 2. The van der Waals surface area contributed by atoms with E-state index in [1.165, 1.54) is 0 Å². The number of rotatable bonds is 5. The van der Waals surface area contributed by atoms with Gasteiger partial charge in [0.15, 0.2) is 4.34 Å². The average Bonchev–Trinajstić information content (AvgIpc) is 3.01. The molecule has 24 heavy (non-hydrogen) atoms. The minimum absolute atomic E-state index is 0.0787. The molecule has 0 unspecified atom stereocenters. The predicted molar refractivity (Wildman–Crippen MR) is 95.0 cm³/mol. The van der Waals surface area contributed by atoms with E-state index in [1.807, 2.05) is 36.6 Å². The molecule has 1 aromatic heterocycles. The lowest BCUT2D eigenvalue weighted by atomic mass is 10.3. The molecule has 0 aliphatic carbocycles. The number of carbonyl (C=O) groups excluding carboxylic acids is 1. The first kappa shape index (κ1) is 17.2. The number of hydrogen-bond donors (Lipinski definition) is 2. The number of benzene rings is 1. The number of nitrogens with zero attached hydrogens (tertiary/aromatic N) is 1. The van der Waals surface area contributed by atoms with Crippen molar-refractivity contribution in [1.29, 1.82) is 0 Å². The van der Waals surface area contributed by atoms with E-state index < -0.39 is 0 Å². The van der Waals surface area contributed by atoms with E-state index >= 15 is 0 Å². The first-order valence-electron chi connectivity index (χ1n) is 7.63. The number of nitrogens with one attached hydrogen (secondary N) is 2. The Hall–Kier alpha value is -1.61. The average molecular weight is 365 g/mol. The Kier molecular flexibility index (Phi) is 6.08. The van der Waals surface area contributed by atoms with E-state index in [2.05, 4.69) is 15.6 Å². The van der Waals surface area contributed by atoms with Crippen LogP contribution in [0, 0.1) is 6.92 Å². The van der Waals surface area contributed by atoms with Gasteiger partial charge in [0.2, 0.25) is 0 Å². The van der Waals surface area contributed by atoms with Gasteiger partial charge in [-0.3, -0.25) is 0 Å². The van der Waals surface area contributed by atoms with Crippen molar-refractivity contribution in [3.63, 3.8) is 0 Å². The molecule has 1 fully saturated rings. The maximum absolute atomic E-state index is 11.9.